The Morgan fingerprint density at radius 3 is 2.03 bits per heavy atom. The van der Waals surface area contributed by atoms with Gasteiger partial charge in [-0.3, -0.25) is 19.6 Å². The Hall–Kier alpha value is -3.59. The molecule has 0 spiro atoms. The Morgan fingerprint density at radius 2 is 1.49 bits per heavy atom. The van der Waals surface area contributed by atoms with Crippen molar-refractivity contribution in [1.29, 1.82) is 0 Å². The summed E-state index contributed by atoms with van der Waals surface area (Å²) >= 11 is 0. The molecule has 190 valence electrons. The fourth-order valence-corrected chi connectivity index (χ4v) is 3.75. The van der Waals surface area contributed by atoms with E-state index >= 15 is 0 Å². The third-order valence-corrected chi connectivity index (χ3v) is 5.70. The number of carbonyl (C=O) groups excluding carboxylic acids is 3. The quantitative estimate of drug-likeness (QED) is 0.168. The highest BCUT2D eigenvalue weighted by atomic mass is 16.5. The average molecular weight is 486 g/mol. The molecule has 0 aromatic heterocycles. The molecule has 0 atom stereocenters. The lowest BCUT2D eigenvalue weighted by atomic mass is 9.98. The van der Waals surface area contributed by atoms with E-state index in [0.717, 1.165) is 12.8 Å². The van der Waals surface area contributed by atoms with E-state index < -0.39 is 5.91 Å². The second kappa shape index (κ2) is 13.3. The van der Waals surface area contributed by atoms with Gasteiger partial charge in [-0.1, -0.05) is 26.7 Å². The topological polar surface area (TPSA) is 139 Å². The summed E-state index contributed by atoms with van der Waals surface area (Å²) < 4.78 is 0. The standard InChI is InChI=1S/C26H35N3O6/c1-4-29(26(34)21-15-20(17(2)3)22(30)16-23(21)31)19-13-11-18(12-14-19)27-24(32)9-7-5-6-8-10-25(33)28-35/h11-17,30-31,35H,4-10H2,1-3H3,(H,27,32)(H,28,33). The molecule has 0 saturated heterocycles. The van der Waals surface area contributed by atoms with Crippen LogP contribution in [0.4, 0.5) is 11.4 Å². The number of amides is 3. The van der Waals surface area contributed by atoms with E-state index in [1.54, 1.807) is 29.7 Å². The summed E-state index contributed by atoms with van der Waals surface area (Å²) in [5, 5.41) is 31.6. The van der Waals surface area contributed by atoms with Crippen LogP contribution in [0.2, 0.25) is 0 Å². The highest BCUT2D eigenvalue weighted by molar-refractivity contribution is 6.08. The predicted octanol–water partition coefficient (Wildman–Crippen LogP) is 4.67. The van der Waals surface area contributed by atoms with Crippen molar-refractivity contribution in [2.45, 2.75) is 65.2 Å². The lowest BCUT2D eigenvalue weighted by Gasteiger charge is -2.23. The first-order valence-electron chi connectivity index (χ1n) is 11.9. The highest BCUT2D eigenvalue weighted by Gasteiger charge is 2.22. The zero-order valence-corrected chi connectivity index (χ0v) is 20.5. The van der Waals surface area contributed by atoms with Crippen LogP contribution in [0.5, 0.6) is 11.5 Å². The molecule has 0 aliphatic rings. The van der Waals surface area contributed by atoms with Gasteiger partial charge in [0.1, 0.15) is 11.5 Å². The van der Waals surface area contributed by atoms with Crippen molar-refractivity contribution in [2.75, 3.05) is 16.8 Å². The van der Waals surface area contributed by atoms with Crippen LogP contribution in [0.1, 0.15) is 81.1 Å². The van der Waals surface area contributed by atoms with Gasteiger partial charge >= 0.3 is 0 Å². The van der Waals surface area contributed by atoms with E-state index in [0.29, 0.717) is 42.7 Å². The second-order valence-corrected chi connectivity index (χ2v) is 8.68. The van der Waals surface area contributed by atoms with Crippen LogP contribution in [0.25, 0.3) is 0 Å². The molecule has 2 aromatic carbocycles. The number of unbranched alkanes of at least 4 members (excludes halogenated alkanes) is 3. The SMILES string of the molecule is CCN(C(=O)c1cc(C(C)C)c(O)cc1O)c1ccc(NC(=O)CCCCCCC(=O)NO)cc1. The molecule has 0 aliphatic heterocycles. The Balaban J connectivity index is 1.96. The van der Waals surface area contributed by atoms with Crippen molar-refractivity contribution in [1.82, 2.24) is 5.48 Å². The van der Waals surface area contributed by atoms with Crippen LogP contribution in [0.3, 0.4) is 0 Å². The molecule has 9 heteroatoms. The van der Waals surface area contributed by atoms with Gasteiger partial charge in [0.2, 0.25) is 11.8 Å². The van der Waals surface area contributed by atoms with E-state index in [1.165, 1.54) is 17.0 Å². The molecule has 0 saturated carbocycles. The molecular formula is C26H35N3O6. The summed E-state index contributed by atoms with van der Waals surface area (Å²) in [4.78, 5) is 37.8. The molecule has 0 bridgehead atoms. The monoisotopic (exact) mass is 485 g/mol. The maximum Gasteiger partial charge on any atom is 0.262 e. The van der Waals surface area contributed by atoms with Crippen molar-refractivity contribution in [3.05, 3.63) is 47.5 Å². The molecule has 35 heavy (non-hydrogen) atoms. The Labute approximate surface area is 205 Å². The van der Waals surface area contributed by atoms with Crippen LogP contribution in [-0.2, 0) is 9.59 Å². The molecular weight excluding hydrogens is 450 g/mol. The number of rotatable bonds is 12. The highest BCUT2D eigenvalue weighted by Crippen LogP contribution is 2.33. The van der Waals surface area contributed by atoms with Crippen LogP contribution in [-0.4, -0.2) is 39.7 Å². The van der Waals surface area contributed by atoms with Crippen LogP contribution < -0.4 is 15.7 Å². The molecule has 2 rings (SSSR count). The van der Waals surface area contributed by atoms with Gasteiger partial charge in [0.25, 0.3) is 5.91 Å². The summed E-state index contributed by atoms with van der Waals surface area (Å²) in [5.41, 5.74) is 3.51. The van der Waals surface area contributed by atoms with Gasteiger partial charge < -0.3 is 20.4 Å². The number of phenols is 2. The molecule has 2 aromatic rings. The van der Waals surface area contributed by atoms with Crippen molar-refractivity contribution in [3.63, 3.8) is 0 Å². The van der Waals surface area contributed by atoms with E-state index in [4.69, 9.17) is 5.21 Å². The summed E-state index contributed by atoms with van der Waals surface area (Å²) in [7, 11) is 0. The van der Waals surface area contributed by atoms with E-state index in [9.17, 15) is 24.6 Å². The fraction of sp³-hybridized carbons (Fsp3) is 0.423. The first-order chi connectivity index (χ1) is 16.7. The largest absolute Gasteiger partial charge is 0.508 e. The van der Waals surface area contributed by atoms with Gasteiger partial charge in [-0.2, -0.15) is 0 Å². The third kappa shape index (κ3) is 7.99. The van der Waals surface area contributed by atoms with E-state index in [2.05, 4.69) is 5.32 Å². The number of benzene rings is 2. The zero-order valence-electron chi connectivity index (χ0n) is 20.5. The predicted molar refractivity (Wildman–Crippen MR) is 134 cm³/mol. The van der Waals surface area contributed by atoms with Crippen LogP contribution in [0.15, 0.2) is 36.4 Å². The lowest BCUT2D eigenvalue weighted by molar-refractivity contribution is -0.129. The van der Waals surface area contributed by atoms with Crippen LogP contribution in [0, 0.1) is 0 Å². The van der Waals surface area contributed by atoms with Gasteiger partial charge in [-0.25, -0.2) is 5.48 Å². The van der Waals surface area contributed by atoms with Gasteiger partial charge in [0.05, 0.1) is 5.56 Å². The summed E-state index contributed by atoms with van der Waals surface area (Å²) in [6.45, 7) is 5.97. The van der Waals surface area contributed by atoms with E-state index in [1.807, 2.05) is 20.8 Å². The molecule has 3 amide bonds. The number of nitrogens with zero attached hydrogens (tertiary/aromatic N) is 1. The summed E-state index contributed by atoms with van der Waals surface area (Å²) in [6, 6.07) is 9.60. The fourth-order valence-electron chi connectivity index (χ4n) is 3.75. The molecule has 0 fully saturated rings. The number of hydrogen-bond donors (Lipinski definition) is 5. The summed E-state index contributed by atoms with van der Waals surface area (Å²) in [5.74, 6) is -1.27. The van der Waals surface area contributed by atoms with Crippen molar-refractivity contribution >= 4 is 29.1 Å². The zero-order chi connectivity index (χ0) is 26.0. The normalized spacial score (nSPS) is 10.8. The minimum absolute atomic E-state index is 0.0205. The number of carbonyl (C=O) groups is 3. The van der Waals surface area contributed by atoms with Crippen molar-refractivity contribution < 1.29 is 29.8 Å². The third-order valence-electron chi connectivity index (χ3n) is 5.70. The first-order valence-corrected chi connectivity index (χ1v) is 11.9. The van der Waals surface area contributed by atoms with Gasteiger partial charge in [-0.05, 0) is 61.6 Å². The number of aromatic hydroxyl groups is 2. The van der Waals surface area contributed by atoms with Gasteiger partial charge in [0, 0.05) is 36.8 Å². The number of anilines is 2. The molecule has 0 radical (unpaired) electrons. The second-order valence-electron chi connectivity index (χ2n) is 8.68. The minimum atomic E-state index is -0.408. The maximum atomic E-state index is 13.2. The number of hydroxylamine groups is 1. The molecule has 9 nitrogen and oxygen atoms in total. The van der Waals surface area contributed by atoms with E-state index in [-0.39, 0.29) is 41.2 Å². The Bertz CT molecular complexity index is 1020. The molecule has 0 aliphatic carbocycles. The summed E-state index contributed by atoms with van der Waals surface area (Å²) in [6.07, 6.45) is 3.57. The number of hydrogen-bond acceptors (Lipinski definition) is 6. The van der Waals surface area contributed by atoms with Crippen molar-refractivity contribution in [2.24, 2.45) is 0 Å². The maximum absolute atomic E-state index is 13.2. The minimum Gasteiger partial charge on any atom is -0.508 e. The van der Waals surface area contributed by atoms with Gasteiger partial charge in [-0.15, -0.1) is 0 Å². The first kappa shape index (κ1) is 27.7. The molecule has 5 N–H and O–H groups in total. The molecule has 0 heterocycles. The van der Waals surface area contributed by atoms with Crippen LogP contribution >= 0.6 is 0 Å². The lowest BCUT2D eigenvalue weighted by Crippen LogP contribution is -2.30. The Morgan fingerprint density at radius 1 is 0.886 bits per heavy atom. The van der Waals surface area contributed by atoms with Crippen molar-refractivity contribution in [3.8, 4) is 11.5 Å². The Kier molecular flexibility index (Phi) is 10.5. The smallest absolute Gasteiger partial charge is 0.262 e. The average Bonchev–Trinajstić information content (AvgIpc) is 2.82. The number of phenolic OH excluding ortho intramolecular Hbond substituents is 2. The number of nitrogens with one attached hydrogen (secondary N) is 2. The van der Waals surface area contributed by atoms with Gasteiger partial charge in [0.15, 0.2) is 0 Å². The molecule has 0 unspecified atom stereocenters.